The predicted molar refractivity (Wildman–Crippen MR) is 212 cm³/mol. The van der Waals surface area contributed by atoms with Crippen LogP contribution in [-0.2, 0) is 30.3 Å². The number of aliphatic hydroxyl groups excluding tert-OH is 1. The van der Waals surface area contributed by atoms with E-state index in [9.17, 15) is 9.90 Å². The Morgan fingerprint density at radius 1 is 0.920 bits per heavy atom. The minimum Gasteiger partial charge on any atom is -0.512 e. The van der Waals surface area contributed by atoms with Gasteiger partial charge < -0.3 is 5.11 Å². The Balaban J connectivity index is 0.000000269. The van der Waals surface area contributed by atoms with Gasteiger partial charge in [0.25, 0.3) is 0 Å². The molecule has 0 spiro atoms. The third-order valence-corrected chi connectivity index (χ3v) is 13.9. The zero-order valence-electron chi connectivity index (χ0n) is 31.6. The average Bonchev–Trinajstić information content (AvgIpc) is 3.62. The molecule has 0 aliphatic carbocycles. The summed E-state index contributed by atoms with van der Waals surface area (Å²) >= 11 is 3.80. The van der Waals surface area contributed by atoms with Crippen molar-refractivity contribution >= 4 is 60.0 Å². The van der Waals surface area contributed by atoms with Crippen LogP contribution in [0.1, 0.15) is 119 Å². The standard InChI is InChI=1S/C28H25N2S2.C15H28O2.Ir/c1-15-16(2)31-21-10-11-22-24(23(15)21)26-27(32-22)25(29-14-30-26)18-12-17-8-6-7-9-19(17)20(13-18)28(3,4)5;1-7-14(5,8-2)12(16)11-13(17)15(6,9-3)10-4;/h6-11,13-16H,1-5H3;11,16H,7-10H2,1-6H3;/q-1;;/b;12-11-;. The fourth-order valence-electron chi connectivity index (χ4n) is 6.61. The van der Waals surface area contributed by atoms with Crippen molar-refractivity contribution in [2.75, 3.05) is 0 Å². The summed E-state index contributed by atoms with van der Waals surface area (Å²) in [5.41, 5.74) is 5.36. The number of allylic oxidation sites excluding steroid dienone is 2. The smallest absolute Gasteiger partial charge is 0.164 e. The van der Waals surface area contributed by atoms with E-state index in [1.807, 2.05) is 64.6 Å². The molecule has 0 amide bonds. The van der Waals surface area contributed by atoms with Gasteiger partial charge in [0.15, 0.2) is 5.78 Å². The van der Waals surface area contributed by atoms with Crippen LogP contribution in [0.25, 0.3) is 42.3 Å². The first-order valence-corrected chi connectivity index (χ1v) is 19.6. The number of hydrogen-bond donors (Lipinski definition) is 1. The zero-order valence-corrected chi connectivity index (χ0v) is 35.6. The summed E-state index contributed by atoms with van der Waals surface area (Å²) in [6.07, 6.45) is 6.49. The van der Waals surface area contributed by atoms with Crippen LogP contribution in [0, 0.1) is 16.9 Å². The van der Waals surface area contributed by atoms with Gasteiger partial charge in [0.2, 0.25) is 0 Å². The summed E-state index contributed by atoms with van der Waals surface area (Å²) in [7, 11) is 0. The Labute approximate surface area is 321 Å². The van der Waals surface area contributed by atoms with Gasteiger partial charge in [-0.1, -0.05) is 105 Å². The largest absolute Gasteiger partial charge is 0.512 e. The Kier molecular flexibility index (Phi) is 12.5. The maximum atomic E-state index is 12.2. The summed E-state index contributed by atoms with van der Waals surface area (Å²) in [6, 6.07) is 19.1. The van der Waals surface area contributed by atoms with Gasteiger partial charge in [-0.2, -0.15) is 0 Å². The normalized spacial score (nSPS) is 16.7. The van der Waals surface area contributed by atoms with Crippen LogP contribution in [0.15, 0.2) is 65.5 Å². The van der Waals surface area contributed by atoms with Crippen LogP contribution >= 0.6 is 23.1 Å². The minimum atomic E-state index is -0.337. The molecule has 0 saturated carbocycles. The first kappa shape index (κ1) is 40.2. The van der Waals surface area contributed by atoms with E-state index in [1.54, 1.807) is 6.33 Å². The first-order valence-electron chi connectivity index (χ1n) is 17.9. The third-order valence-electron chi connectivity index (χ3n) is 11.3. The number of hydrogen-bond acceptors (Lipinski definition) is 6. The van der Waals surface area contributed by atoms with Gasteiger partial charge in [-0.25, -0.2) is 4.98 Å². The van der Waals surface area contributed by atoms with Crippen molar-refractivity contribution in [2.45, 2.75) is 123 Å². The van der Waals surface area contributed by atoms with Crippen LogP contribution in [0.5, 0.6) is 0 Å². The molecule has 1 aliphatic heterocycles. The van der Waals surface area contributed by atoms with Gasteiger partial charge in [-0.3, -0.25) is 9.78 Å². The molecule has 0 saturated heterocycles. The van der Waals surface area contributed by atoms with Crippen LogP contribution in [-0.4, -0.2) is 26.1 Å². The molecule has 2 aromatic heterocycles. The number of aliphatic hydroxyl groups is 1. The molecule has 5 aromatic rings. The van der Waals surface area contributed by atoms with Crippen molar-refractivity contribution in [1.29, 1.82) is 0 Å². The number of thiophene rings is 1. The molecule has 1 radical (unpaired) electrons. The van der Waals surface area contributed by atoms with E-state index in [2.05, 4.69) is 83.1 Å². The number of thioether (sulfide) groups is 1. The summed E-state index contributed by atoms with van der Waals surface area (Å²) in [5, 5.41) is 14.5. The monoisotopic (exact) mass is 886 g/mol. The number of fused-ring (bicyclic) bond motifs is 6. The molecule has 269 valence electrons. The second-order valence-electron chi connectivity index (χ2n) is 15.3. The predicted octanol–water partition coefficient (Wildman–Crippen LogP) is 13.0. The fraction of sp³-hybridized carbons (Fsp3) is 0.465. The quantitative estimate of drug-likeness (QED) is 0.0955. The summed E-state index contributed by atoms with van der Waals surface area (Å²) < 4.78 is 2.47. The van der Waals surface area contributed by atoms with Gasteiger partial charge in [-0.15, -0.1) is 52.2 Å². The number of carbonyl (C=O) groups excluding carboxylic acids is 1. The molecule has 1 N–H and O–H groups in total. The van der Waals surface area contributed by atoms with E-state index in [4.69, 9.17) is 9.97 Å². The molecule has 6 rings (SSSR count). The number of benzene rings is 3. The van der Waals surface area contributed by atoms with Gasteiger partial charge in [-0.05, 0) is 54.7 Å². The topological polar surface area (TPSA) is 63.1 Å². The van der Waals surface area contributed by atoms with Crippen molar-refractivity contribution < 1.29 is 30.0 Å². The van der Waals surface area contributed by atoms with E-state index >= 15 is 0 Å². The molecule has 3 heterocycles. The Bertz CT molecular complexity index is 2030. The summed E-state index contributed by atoms with van der Waals surface area (Å²) in [5.74, 6) is 0.809. The average molecular weight is 886 g/mol. The second kappa shape index (κ2) is 15.6. The molecule has 50 heavy (non-hydrogen) atoms. The maximum Gasteiger partial charge on any atom is 0.164 e. The molecule has 0 fully saturated rings. The molecule has 2 unspecified atom stereocenters. The van der Waals surface area contributed by atoms with Gasteiger partial charge in [0.1, 0.15) is 12.1 Å². The third kappa shape index (κ3) is 7.49. The van der Waals surface area contributed by atoms with E-state index in [1.165, 1.54) is 42.3 Å². The van der Waals surface area contributed by atoms with Crippen LogP contribution in [0.2, 0.25) is 0 Å². The molecular weight excluding hydrogens is 833 g/mol. The first-order chi connectivity index (χ1) is 23.1. The second-order valence-corrected chi connectivity index (χ2v) is 17.8. The van der Waals surface area contributed by atoms with Crippen LogP contribution in [0.4, 0.5) is 0 Å². The SMILES string of the molecule is CC1Sc2ccc3sc4c(-c5[c-]c6ccccc6c(C(C)(C)C)c5)ncnc4c3c2C1C.CCC(C)(CC)C(=O)/C=C(\O)C(C)(CC)CC.[Ir]. The molecule has 4 nitrogen and oxygen atoms in total. The van der Waals surface area contributed by atoms with Crippen molar-refractivity contribution in [1.82, 2.24) is 9.97 Å². The summed E-state index contributed by atoms with van der Waals surface area (Å²) in [6.45, 7) is 23.6. The number of aromatic nitrogens is 2. The van der Waals surface area contributed by atoms with Gasteiger partial charge in [0, 0.05) is 67.6 Å². The van der Waals surface area contributed by atoms with Gasteiger partial charge in [0.05, 0.1) is 5.52 Å². The molecule has 2 atom stereocenters. The fourth-order valence-corrected chi connectivity index (χ4v) is 9.09. The molecule has 1 aliphatic rings. The van der Waals surface area contributed by atoms with Gasteiger partial charge >= 0.3 is 0 Å². The number of carbonyl (C=O) groups is 1. The number of nitrogens with zero attached hydrogens (tertiary/aromatic N) is 2. The van der Waals surface area contributed by atoms with Crippen LogP contribution in [0.3, 0.4) is 0 Å². The Morgan fingerprint density at radius 2 is 1.56 bits per heavy atom. The van der Waals surface area contributed by atoms with Crippen LogP contribution < -0.4 is 0 Å². The molecular formula is C43H53IrN2O2S2-. The number of rotatable bonds is 8. The van der Waals surface area contributed by atoms with E-state index in [-0.39, 0.29) is 47.9 Å². The van der Waals surface area contributed by atoms with Crippen molar-refractivity contribution in [3.63, 3.8) is 0 Å². The van der Waals surface area contributed by atoms with Crippen molar-refractivity contribution in [3.05, 3.63) is 77.8 Å². The van der Waals surface area contributed by atoms with E-state index in [0.29, 0.717) is 11.2 Å². The summed E-state index contributed by atoms with van der Waals surface area (Å²) in [4.78, 5) is 23.2. The maximum absolute atomic E-state index is 12.2. The molecule has 3 aromatic carbocycles. The number of ketones is 1. The zero-order chi connectivity index (χ0) is 35.9. The molecule has 7 heteroatoms. The minimum absolute atomic E-state index is 0. The Morgan fingerprint density at radius 3 is 2.18 bits per heavy atom. The van der Waals surface area contributed by atoms with Crippen molar-refractivity contribution in [2.24, 2.45) is 10.8 Å². The van der Waals surface area contributed by atoms with Crippen molar-refractivity contribution in [3.8, 4) is 11.3 Å². The van der Waals surface area contributed by atoms with E-state index in [0.717, 1.165) is 47.8 Å². The Hall–Kier alpha value is -2.57. The molecule has 0 bridgehead atoms. The van der Waals surface area contributed by atoms with E-state index < -0.39 is 0 Å².